The number of benzene rings is 2. The third-order valence-electron chi connectivity index (χ3n) is 3.99. The number of hydrogen-bond donors (Lipinski definition) is 0. The van der Waals surface area contributed by atoms with Crippen molar-refractivity contribution in [1.29, 1.82) is 0 Å². The Bertz CT molecular complexity index is 971. The van der Waals surface area contributed by atoms with E-state index in [4.69, 9.17) is 14.2 Å². The van der Waals surface area contributed by atoms with Gasteiger partial charge in [-0.3, -0.25) is 4.79 Å². The lowest BCUT2D eigenvalue weighted by molar-refractivity contribution is -0.149. The third kappa shape index (κ3) is 4.82. The molecule has 2 aromatic carbocycles. The van der Waals surface area contributed by atoms with Crippen molar-refractivity contribution < 1.29 is 33.3 Å². The molecule has 7 nitrogen and oxygen atoms in total. The zero-order valence-corrected chi connectivity index (χ0v) is 16.3. The van der Waals surface area contributed by atoms with E-state index in [1.54, 1.807) is 62.4 Å². The molecule has 0 atom stereocenters. The standard InChI is InChI=1S/C22H20O7/c1-13(2)28-20(23)12-27-16-8-9-17-18(11-16)29-19(21(17)24)10-14-4-6-15(7-5-14)22(25)26-3/h4-11,13H,12H2,1-3H3. The molecule has 1 aliphatic heterocycles. The fourth-order valence-electron chi connectivity index (χ4n) is 2.68. The molecule has 1 heterocycles. The molecule has 0 aliphatic carbocycles. The van der Waals surface area contributed by atoms with E-state index in [0.29, 0.717) is 28.2 Å². The van der Waals surface area contributed by atoms with Crippen molar-refractivity contribution in [3.05, 3.63) is 64.9 Å². The van der Waals surface area contributed by atoms with Gasteiger partial charge >= 0.3 is 11.9 Å². The van der Waals surface area contributed by atoms with Crippen LogP contribution in [0.25, 0.3) is 6.08 Å². The number of methoxy groups -OCH3 is 1. The lowest BCUT2D eigenvalue weighted by Crippen LogP contribution is -2.18. The molecular formula is C22H20O7. The Hall–Kier alpha value is -3.61. The molecule has 0 radical (unpaired) electrons. The summed E-state index contributed by atoms with van der Waals surface area (Å²) in [6.07, 6.45) is 1.37. The van der Waals surface area contributed by atoms with Crippen molar-refractivity contribution in [1.82, 2.24) is 0 Å². The highest BCUT2D eigenvalue weighted by atomic mass is 16.6. The van der Waals surface area contributed by atoms with Crippen LogP contribution in [0.15, 0.2) is 48.2 Å². The average Bonchev–Trinajstić information content (AvgIpc) is 3.00. The summed E-state index contributed by atoms with van der Waals surface area (Å²) in [5.41, 5.74) is 1.51. The average molecular weight is 396 g/mol. The number of carbonyl (C=O) groups is 3. The van der Waals surface area contributed by atoms with Crippen molar-refractivity contribution in [2.75, 3.05) is 13.7 Å². The van der Waals surface area contributed by atoms with E-state index >= 15 is 0 Å². The summed E-state index contributed by atoms with van der Waals surface area (Å²) >= 11 is 0. The Morgan fingerprint density at radius 3 is 2.48 bits per heavy atom. The van der Waals surface area contributed by atoms with Gasteiger partial charge in [0.1, 0.15) is 11.5 Å². The lowest BCUT2D eigenvalue weighted by Gasteiger charge is -2.09. The van der Waals surface area contributed by atoms with Crippen molar-refractivity contribution in [2.24, 2.45) is 0 Å². The maximum absolute atomic E-state index is 12.5. The normalized spacial score (nSPS) is 13.8. The molecule has 150 valence electrons. The maximum atomic E-state index is 12.5. The van der Waals surface area contributed by atoms with Gasteiger partial charge in [-0.15, -0.1) is 0 Å². The molecule has 0 fully saturated rings. The predicted molar refractivity (Wildman–Crippen MR) is 104 cm³/mol. The van der Waals surface area contributed by atoms with E-state index in [9.17, 15) is 14.4 Å². The lowest BCUT2D eigenvalue weighted by atomic mass is 10.1. The Balaban J connectivity index is 1.71. The molecule has 0 aromatic heterocycles. The largest absolute Gasteiger partial charge is 0.482 e. The molecule has 0 saturated carbocycles. The molecular weight excluding hydrogens is 376 g/mol. The van der Waals surface area contributed by atoms with E-state index in [0.717, 1.165) is 0 Å². The molecule has 0 amide bonds. The zero-order valence-electron chi connectivity index (χ0n) is 16.3. The second-order valence-electron chi connectivity index (χ2n) is 6.54. The van der Waals surface area contributed by atoms with Crippen LogP contribution in [0.2, 0.25) is 0 Å². The van der Waals surface area contributed by atoms with E-state index in [-0.39, 0.29) is 24.3 Å². The summed E-state index contributed by atoms with van der Waals surface area (Å²) < 4.78 is 20.7. The van der Waals surface area contributed by atoms with Crippen molar-refractivity contribution in [2.45, 2.75) is 20.0 Å². The van der Waals surface area contributed by atoms with Gasteiger partial charge in [0, 0.05) is 6.07 Å². The minimum absolute atomic E-state index is 0.155. The topological polar surface area (TPSA) is 88.1 Å². The first-order chi connectivity index (χ1) is 13.9. The van der Waals surface area contributed by atoms with E-state index < -0.39 is 11.9 Å². The molecule has 1 aliphatic rings. The molecule has 3 rings (SSSR count). The van der Waals surface area contributed by atoms with Gasteiger partial charge in [0.05, 0.1) is 24.3 Å². The molecule has 29 heavy (non-hydrogen) atoms. The van der Waals surface area contributed by atoms with Gasteiger partial charge < -0.3 is 18.9 Å². The summed E-state index contributed by atoms with van der Waals surface area (Å²) in [4.78, 5) is 35.6. The van der Waals surface area contributed by atoms with Gasteiger partial charge in [-0.1, -0.05) is 12.1 Å². The Labute approximate surface area is 167 Å². The molecule has 0 bridgehead atoms. The highest BCUT2D eigenvalue weighted by Gasteiger charge is 2.27. The third-order valence-corrected chi connectivity index (χ3v) is 3.99. The molecule has 0 N–H and O–H groups in total. The summed E-state index contributed by atoms with van der Waals surface area (Å²) in [5.74, 6) is -0.281. The van der Waals surface area contributed by atoms with Gasteiger partial charge in [0.25, 0.3) is 0 Å². The molecule has 7 heteroatoms. The van der Waals surface area contributed by atoms with E-state index in [1.165, 1.54) is 7.11 Å². The number of fused-ring (bicyclic) bond motifs is 1. The second-order valence-corrected chi connectivity index (χ2v) is 6.54. The smallest absolute Gasteiger partial charge is 0.344 e. The van der Waals surface area contributed by atoms with Crippen LogP contribution in [0.3, 0.4) is 0 Å². The first-order valence-corrected chi connectivity index (χ1v) is 8.96. The predicted octanol–water partition coefficient (Wildman–Crippen LogP) is 3.42. The quantitative estimate of drug-likeness (QED) is 0.546. The van der Waals surface area contributed by atoms with Gasteiger partial charge in [-0.25, -0.2) is 9.59 Å². The minimum Gasteiger partial charge on any atom is -0.482 e. The molecule has 0 saturated heterocycles. The van der Waals surface area contributed by atoms with Gasteiger partial charge in [-0.05, 0) is 49.8 Å². The number of allylic oxidation sites excluding steroid dienone is 1. The fourth-order valence-corrected chi connectivity index (χ4v) is 2.68. The van der Waals surface area contributed by atoms with Crippen LogP contribution in [0.5, 0.6) is 11.5 Å². The van der Waals surface area contributed by atoms with E-state index in [1.807, 2.05) is 0 Å². The highest BCUT2D eigenvalue weighted by Crippen LogP contribution is 2.34. The van der Waals surface area contributed by atoms with Crippen LogP contribution >= 0.6 is 0 Å². The number of hydrogen-bond acceptors (Lipinski definition) is 7. The van der Waals surface area contributed by atoms with Gasteiger partial charge in [0.2, 0.25) is 5.78 Å². The van der Waals surface area contributed by atoms with E-state index in [2.05, 4.69) is 4.74 Å². The van der Waals surface area contributed by atoms with Crippen molar-refractivity contribution in [3.8, 4) is 11.5 Å². The monoisotopic (exact) mass is 396 g/mol. The summed E-state index contributed by atoms with van der Waals surface area (Å²) in [6, 6.07) is 11.3. The molecule has 2 aromatic rings. The van der Waals surface area contributed by atoms with Crippen molar-refractivity contribution in [3.63, 3.8) is 0 Å². The fraction of sp³-hybridized carbons (Fsp3) is 0.227. The number of ether oxygens (including phenoxy) is 4. The molecule has 0 unspecified atom stereocenters. The first-order valence-electron chi connectivity index (χ1n) is 8.96. The summed E-state index contributed by atoms with van der Waals surface area (Å²) in [5, 5.41) is 0. The van der Waals surface area contributed by atoms with Gasteiger partial charge in [0.15, 0.2) is 12.4 Å². The number of carbonyl (C=O) groups excluding carboxylic acids is 3. The number of esters is 2. The van der Waals surface area contributed by atoms with Crippen molar-refractivity contribution >= 4 is 23.8 Å². The first kappa shape index (κ1) is 20.1. The SMILES string of the molecule is COC(=O)c1ccc(C=C2Oc3cc(OCC(=O)OC(C)C)ccc3C2=O)cc1. The Morgan fingerprint density at radius 1 is 1.10 bits per heavy atom. The minimum atomic E-state index is -0.478. The highest BCUT2D eigenvalue weighted by molar-refractivity contribution is 6.14. The second kappa shape index (κ2) is 8.60. The molecule has 0 spiro atoms. The Morgan fingerprint density at radius 2 is 1.83 bits per heavy atom. The summed E-state index contributed by atoms with van der Waals surface area (Å²) in [6.45, 7) is 3.27. The summed E-state index contributed by atoms with van der Waals surface area (Å²) in [7, 11) is 1.31. The van der Waals surface area contributed by atoms with Crippen LogP contribution in [0.4, 0.5) is 0 Å². The van der Waals surface area contributed by atoms with Crippen LogP contribution in [0.1, 0.15) is 40.1 Å². The Kier molecular flexibility index (Phi) is 5.97. The van der Waals surface area contributed by atoms with Crippen LogP contribution in [-0.2, 0) is 14.3 Å². The number of rotatable bonds is 6. The van der Waals surface area contributed by atoms with Gasteiger partial charge in [-0.2, -0.15) is 0 Å². The van der Waals surface area contributed by atoms with Crippen LogP contribution in [0, 0.1) is 0 Å². The van der Waals surface area contributed by atoms with Crippen LogP contribution < -0.4 is 9.47 Å². The zero-order chi connectivity index (χ0) is 21.0. The maximum Gasteiger partial charge on any atom is 0.344 e. The number of ketones is 1. The number of Topliss-reactive ketones (excluding diaryl/α,β-unsaturated/α-hetero) is 1. The van der Waals surface area contributed by atoms with Crippen LogP contribution in [-0.4, -0.2) is 37.5 Å².